The normalized spacial score (nSPS) is 16.4. The molecule has 0 radical (unpaired) electrons. The van der Waals surface area contributed by atoms with E-state index < -0.39 is 0 Å². The molecule has 5 aliphatic rings. The van der Waals surface area contributed by atoms with Gasteiger partial charge in [0.05, 0.1) is 11.1 Å². The van der Waals surface area contributed by atoms with Crippen molar-refractivity contribution in [3.05, 3.63) is 236 Å². The summed E-state index contributed by atoms with van der Waals surface area (Å²) in [5.74, 6) is 0.215. The molecule has 1 spiro atoms. The molecule has 0 saturated carbocycles. The first-order chi connectivity index (χ1) is 35.5. The van der Waals surface area contributed by atoms with Gasteiger partial charge in [-0.3, -0.25) is 0 Å². The number of hydrogen-bond donors (Lipinski definition) is 0. The van der Waals surface area contributed by atoms with Gasteiger partial charge < -0.3 is 9.80 Å². The average molecular weight is 975 g/mol. The highest BCUT2D eigenvalue weighted by molar-refractivity contribution is 7.29. The standard InChI is InChI=1S/C70H63BN2S/c1-42-30-34-46(35-31-42)73-60-29-19-28-59-64(60)71(58-37-32-43(38-61(58)72(59)45-20-12-11-13-21-45)63-54(68(5,6)7)26-18-27-55(63)69(8,9)10)66-65(73)51-40-50-49-36-33-44(67(2,3)4)39-56(49)70(57(50)41-62(51)74-66)52-24-16-14-22-47(52)48-23-15-17-25-53(48)70/h11-39,41,50H,40H2,1-10H3. The zero-order valence-corrected chi connectivity index (χ0v) is 45.3. The molecule has 74 heavy (non-hydrogen) atoms. The van der Waals surface area contributed by atoms with Crippen molar-refractivity contribution in [2.75, 3.05) is 9.80 Å². The van der Waals surface area contributed by atoms with Gasteiger partial charge in [0, 0.05) is 44.0 Å². The van der Waals surface area contributed by atoms with E-state index in [4.69, 9.17) is 0 Å². The Morgan fingerprint density at radius 2 is 1.15 bits per heavy atom. The minimum absolute atomic E-state index is 0.00640. The molecule has 1 aromatic heterocycles. The summed E-state index contributed by atoms with van der Waals surface area (Å²) in [7, 11) is 0. The summed E-state index contributed by atoms with van der Waals surface area (Å²) < 4.78 is 1.43. The molecule has 3 heterocycles. The maximum Gasteiger partial charge on any atom is 0.264 e. The zero-order valence-electron chi connectivity index (χ0n) is 44.5. The molecule has 2 aliphatic heterocycles. The molecule has 1 atom stereocenters. The van der Waals surface area contributed by atoms with Gasteiger partial charge in [-0.25, -0.2) is 0 Å². The summed E-state index contributed by atoms with van der Waals surface area (Å²) in [5.41, 5.74) is 29.3. The van der Waals surface area contributed by atoms with Crippen LogP contribution in [0.15, 0.2) is 181 Å². The maximum absolute atomic E-state index is 2.70. The van der Waals surface area contributed by atoms with Gasteiger partial charge in [0.25, 0.3) is 6.71 Å². The van der Waals surface area contributed by atoms with Crippen LogP contribution in [-0.2, 0) is 28.1 Å². The second-order valence-electron chi connectivity index (χ2n) is 24.9. The number of rotatable bonds is 3. The van der Waals surface area contributed by atoms with Crippen LogP contribution in [0.2, 0.25) is 0 Å². The molecule has 8 aromatic carbocycles. The Hall–Kier alpha value is -7.14. The van der Waals surface area contributed by atoms with E-state index in [2.05, 4.69) is 272 Å². The number of para-hydroxylation sites is 1. The van der Waals surface area contributed by atoms with E-state index in [0.29, 0.717) is 0 Å². The second kappa shape index (κ2) is 15.7. The first-order valence-corrected chi connectivity index (χ1v) is 27.7. The van der Waals surface area contributed by atoms with Crippen molar-refractivity contribution in [1.82, 2.24) is 0 Å². The van der Waals surface area contributed by atoms with Crippen molar-refractivity contribution in [3.63, 3.8) is 0 Å². The van der Waals surface area contributed by atoms with Crippen LogP contribution < -0.4 is 25.5 Å². The van der Waals surface area contributed by atoms with Gasteiger partial charge in [0.1, 0.15) is 0 Å². The molecule has 14 rings (SSSR count). The Morgan fingerprint density at radius 3 is 1.80 bits per heavy atom. The van der Waals surface area contributed by atoms with Crippen molar-refractivity contribution >= 4 is 74.0 Å². The van der Waals surface area contributed by atoms with Gasteiger partial charge >= 0.3 is 0 Å². The highest BCUT2D eigenvalue weighted by atomic mass is 32.1. The lowest BCUT2D eigenvalue weighted by atomic mass is 9.36. The highest BCUT2D eigenvalue weighted by Gasteiger charge is 2.57. The monoisotopic (exact) mass is 974 g/mol. The van der Waals surface area contributed by atoms with E-state index in [1.165, 1.54) is 133 Å². The van der Waals surface area contributed by atoms with Gasteiger partial charge in [-0.2, -0.15) is 0 Å². The molecule has 0 bridgehead atoms. The fourth-order valence-electron chi connectivity index (χ4n) is 14.1. The van der Waals surface area contributed by atoms with Crippen LogP contribution in [-0.4, -0.2) is 6.71 Å². The number of nitrogens with zero attached hydrogens (tertiary/aromatic N) is 2. The van der Waals surface area contributed by atoms with Gasteiger partial charge in [-0.1, -0.05) is 201 Å². The lowest BCUT2D eigenvalue weighted by molar-refractivity contribution is 0.572. The lowest BCUT2D eigenvalue weighted by Gasteiger charge is -2.43. The summed E-state index contributed by atoms with van der Waals surface area (Å²) in [6.07, 6.45) is 3.63. The number of aryl methyl sites for hydroxylation is 1. The van der Waals surface area contributed by atoms with Crippen molar-refractivity contribution < 1.29 is 0 Å². The number of fused-ring (bicyclic) bond motifs is 16. The van der Waals surface area contributed by atoms with Crippen molar-refractivity contribution in [3.8, 4) is 22.3 Å². The fourth-order valence-corrected chi connectivity index (χ4v) is 15.5. The molecule has 9 aromatic rings. The van der Waals surface area contributed by atoms with Crippen LogP contribution in [0.4, 0.5) is 34.1 Å². The molecule has 0 N–H and O–H groups in total. The van der Waals surface area contributed by atoms with Crippen LogP contribution in [0.3, 0.4) is 0 Å². The van der Waals surface area contributed by atoms with E-state index in [9.17, 15) is 0 Å². The molecule has 3 aliphatic carbocycles. The summed E-state index contributed by atoms with van der Waals surface area (Å²) in [4.78, 5) is 6.63. The number of anilines is 6. The predicted octanol–water partition coefficient (Wildman–Crippen LogP) is 16.8. The molecule has 362 valence electrons. The quantitative estimate of drug-likeness (QED) is 0.163. The zero-order chi connectivity index (χ0) is 50.8. The Balaban J connectivity index is 1.05. The first-order valence-electron chi connectivity index (χ1n) is 26.9. The largest absolute Gasteiger partial charge is 0.311 e. The number of benzene rings is 8. The van der Waals surface area contributed by atoms with Crippen molar-refractivity contribution in [2.24, 2.45) is 0 Å². The van der Waals surface area contributed by atoms with E-state index >= 15 is 0 Å². The summed E-state index contributed by atoms with van der Waals surface area (Å²) in [6, 6.07) is 68.2. The van der Waals surface area contributed by atoms with E-state index in [0.717, 1.165) is 6.42 Å². The SMILES string of the molecule is Cc1ccc(N2c3cccc4c3B(c3ccc(-c5c(C(C)(C)C)cccc5C(C)(C)C)cc3N4c3ccccc3)c3sc4c(c32)CC2C(=C4)C3(c4ccccc4-c4ccccc43)c3cc(C(C)(C)C)ccc32)cc1. The Bertz CT molecular complexity index is 3770. The van der Waals surface area contributed by atoms with Crippen LogP contribution in [0, 0.1) is 6.92 Å². The van der Waals surface area contributed by atoms with Crippen LogP contribution in [0.25, 0.3) is 28.3 Å². The molecular weight excluding hydrogens is 912 g/mol. The van der Waals surface area contributed by atoms with Crippen LogP contribution in [0.1, 0.15) is 123 Å². The topological polar surface area (TPSA) is 6.48 Å². The number of hydrogen-bond acceptors (Lipinski definition) is 3. The average Bonchev–Trinajstić information content (AvgIpc) is 4.02. The van der Waals surface area contributed by atoms with Crippen molar-refractivity contribution in [2.45, 2.75) is 103 Å². The van der Waals surface area contributed by atoms with Gasteiger partial charge in [-0.15, -0.1) is 11.3 Å². The first kappa shape index (κ1) is 45.5. The fraction of sp³-hybridized carbons (Fsp3) is 0.229. The third kappa shape index (κ3) is 6.30. The minimum Gasteiger partial charge on any atom is -0.311 e. The minimum atomic E-state index is -0.386. The lowest BCUT2D eigenvalue weighted by Crippen LogP contribution is -2.60. The molecule has 4 heteroatoms. The Kier molecular flexibility index (Phi) is 9.65. The molecule has 0 amide bonds. The smallest absolute Gasteiger partial charge is 0.264 e. The highest BCUT2D eigenvalue weighted by Crippen LogP contribution is 2.67. The van der Waals surface area contributed by atoms with E-state index in [1.807, 2.05) is 0 Å². The molecule has 1 unspecified atom stereocenters. The molecular formula is C70H63BN2S. The van der Waals surface area contributed by atoms with E-state index in [-0.39, 0.29) is 34.3 Å². The van der Waals surface area contributed by atoms with Crippen LogP contribution in [0.5, 0.6) is 0 Å². The summed E-state index contributed by atoms with van der Waals surface area (Å²) >= 11 is 2.05. The van der Waals surface area contributed by atoms with Gasteiger partial charge in [-0.05, 0) is 161 Å². The van der Waals surface area contributed by atoms with E-state index in [1.54, 1.807) is 0 Å². The molecule has 0 saturated heterocycles. The number of allylic oxidation sites excluding steroid dienone is 1. The third-order valence-electron chi connectivity index (χ3n) is 17.4. The third-order valence-corrected chi connectivity index (χ3v) is 18.6. The van der Waals surface area contributed by atoms with Crippen LogP contribution >= 0.6 is 11.3 Å². The summed E-state index contributed by atoms with van der Waals surface area (Å²) in [6.45, 7) is 23.5. The summed E-state index contributed by atoms with van der Waals surface area (Å²) in [5, 5.41) is 0. The molecule has 2 nitrogen and oxygen atoms in total. The van der Waals surface area contributed by atoms with Gasteiger partial charge in [0.2, 0.25) is 0 Å². The second-order valence-corrected chi connectivity index (χ2v) is 26.0. The van der Waals surface area contributed by atoms with Gasteiger partial charge in [0.15, 0.2) is 0 Å². The Labute approximate surface area is 443 Å². The number of thiophene rings is 1. The maximum atomic E-state index is 2.70. The Morgan fingerprint density at radius 1 is 0.541 bits per heavy atom. The van der Waals surface area contributed by atoms with Crippen molar-refractivity contribution in [1.29, 1.82) is 0 Å². The molecule has 0 fully saturated rings. The predicted molar refractivity (Wildman–Crippen MR) is 317 cm³/mol.